The highest BCUT2D eigenvalue weighted by Gasteiger charge is 2.22. The molecule has 1 aromatic carbocycles. The van der Waals surface area contributed by atoms with Crippen molar-refractivity contribution in [3.05, 3.63) is 54.5 Å². The van der Waals surface area contributed by atoms with Crippen molar-refractivity contribution in [2.75, 3.05) is 19.6 Å². The summed E-state index contributed by atoms with van der Waals surface area (Å²) in [5.41, 5.74) is 0. The lowest BCUT2D eigenvalue weighted by atomic mass is 10.1. The maximum absolute atomic E-state index is 6.06. The maximum Gasteiger partial charge on any atom is 0.194 e. The number of para-hydroxylation sites is 1. The number of rotatable bonds is 5. The van der Waals surface area contributed by atoms with Crippen molar-refractivity contribution in [3.8, 4) is 5.75 Å². The monoisotopic (exact) mass is 327 g/mol. The number of guanidine groups is 1. The second-order valence-electron chi connectivity index (χ2n) is 5.87. The molecular formula is C19H25N3O2. The molecule has 128 valence electrons. The summed E-state index contributed by atoms with van der Waals surface area (Å²) >= 11 is 0. The second kappa shape index (κ2) is 8.43. The van der Waals surface area contributed by atoms with E-state index in [1.54, 1.807) is 6.26 Å². The summed E-state index contributed by atoms with van der Waals surface area (Å²) in [6, 6.07) is 13.9. The van der Waals surface area contributed by atoms with Crippen LogP contribution in [0.4, 0.5) is 0 Å². The molecule has 1 fully saturated rings. The van der Waals surface area contributed by atoms with E-state index in [0.29, 0.717) is 6.54 Å². The minimum atomic E-state index is 0.275. The first-order valence-electron chi connectivity index (χ1n) is 8.62. The Kier molecular flexibility index (Phi) is 5.77. The fourth-order valence-corrected chi connectivity index (χ4v) is 2.86. The van der Waals surface area contributed by atoms with Gasteiger partial charge in [0.15, 0.2) is 5.96 Å². The van der Waals surface area contributed by atoms with E-state index in [-0.39, 0.29) is 6.10 Å². The largest absolute Gasteiger partial charge is 0.490 e. The lowest BCUT2D eigenvalue weighted by molar-refractivity contribution is 0.129. The first kappa shape index (κ1) is 16.4. The average molecular weight is 327 g/mol. The van der Waals surface area contributed by atoms with Gasteiger partial charge in [-0.2, -0.15) is 0 Å². The van der Waals surface area contributed by atoms with Gasteiger partial charge in [0.25, 0.3) is 0 Å². The van der Waals surface area contributed by atoms with E-state index in [9.17, 15) is 0 Å². The Hall–Kier alpha value is -2.43. The van der Waals surface area contributed by atoms with Crippen molar-refractivity contribution in [1.29, 1.82) is 0 Å². The van der Waals surface area contributed by atoms with Crippen molar-refractivity contribution < 1.29 is 9.15 Å². The molecule has 0 bridgehead atoms. The molecule has 5 heteroatoms. The molecule has 0 saturated carbocycles. The molecule has 0 unspecified atom stereocenters. The van der Waals surface area contributed by atoms with Crippen molar-refractivity contribution >= 4 is 5.96 Å². The van der Waals surface area contributed by atoms with Crippen molar-refractivity contribution in [3.63, 3.8) is 0 Å². The molecule has 1 aliphatic rings. The Bertz CT molecular complexity index is 617. The third-order valence-corrected chi connectivity index (χ3v) is 4.09. The summed E-state index contributed by atoms with van der Waals surface area (Å²) in [5.74, 6) is 2.79. The molecule has 1 saturated heterocycles. The van der Waals surface area contributed by atoms with Gasteiger partial charge in [-0.25, -0.2) is 4.99 Å². The number of likely N-dealkylation sites (tertiary alicyclic amines) is 1. The molecule has 0 radical (unpaired) electrons. The van der Waals surface area contributed by atoms with Crippen LogP contribution in [0.3, 0.4) is 0 Å². The van der Waals surface area contributed by atoms with Crippen molar-refractivity contribution in [2.45, 2.75) is 32.4 Å². The predicted octanol–water partition coefficient (Wildman–Crippen LogP) is 3.29. The van der Waals surface area contributed by atoms with Crippen LogP contribution in [0, 0.1) is 0 Å². The molecule has 1 N–H and O–H groups in total. The lowest BCUT2D eigenvalue weighted by Gasteiger charge is -2.34. The van der Waals surface area contributed by atoms with E-state index in [2.05, 4.69) is 22.1 Å². The van der Waals surface area contributed by atoms with Gasteiger partial charge in [-0.3, -0.25) is 0 Å². The third-order valence-electron chi connectivity index (χ3n) is 4.09. The second-order valence-corrected chi connectivity index (χ2v) is 5.87. The zero-order valence-corrected chi connectivity index (χ0v) is 14.1. The minimum Gasteiger partial charge on any atom is -0.490 e. The third kappa shape index (κ3) is 4.54. The summed E-state index contributed by atoms with van der Waals surface area (Å²) < 4.78 is 11.4. The van der Waals surface area contributed by atoms with Gasteiger partial charge in [0.1, 0.15) is 24.2 Å². The number of piperidine rings is 1. The normalized spacial score (nSPS) is 16.2. The molecule has 0 spiro atoms. The van der Waals surface area contributed by atoms with Gasteiger partial charge in [-0.15, -0.1) is 0 Å². The fourth-order valence-electron chi connectivity index (χ4n) is 2.86. The van der Waals surface area contributed by atoms with E-state index >= 15 is 0 Å². The zero-order valence-electron chi connectivity index (χ0n) is 14.1. The molecule has 0 aliphatic carbocycles. The summed E-state index contributed by atoms with van der Waals surface area (Å²) in [6.45, 7) is 5.41. The van der Waals surface area contributed by atoms with Crippen LogP contribution in [0.2, 0.25) is 0 Å². The number of nitrogens with zero attached hydrogens (tertiary/aromatic N) is 2. The molecule has 5 nitrogen and oxygen atoms in total. The van der Waals surface area contributed by atoms with E-state index in [1.165, 1.54) is 0 Å². The Morgan fingerprint density at radius 1 is 1.21 bits per heavy atom. The number of benzene rings is 1. The number of aliphatic imine (C=N–C) groups is 1. The summed E-state index contributed by atoms with van der Waals surface area (Å²) in [5, 5.41) is 3.37. The van der Waals surface area contributed by atoms with Gasteiger partial charge in [-0.1, -0.05) is 18.2 Å². The van der Waals surface area contributed by atoms with Crippen LogP contribution in [0.1, 0.15) is 25.5 Å². The van der Waals surface area contributed by atoms with Gasteiger partial charge in [0.2, 0.25) is 0 Å². The van der Waals surface area contributed by atoms with E-state index < -0.39 is 0 Å². The van der Waals surface area contributed by atoms with E-state index in [4.69, 9.17) is 9.15 Å². The topological polar surface area (TPSA) is 50.0 Å². The Morgan fingerprint density at radius 3 is 2.67 bits per heavy atom. The maximum atomic E-state index is 6.06. The van der Waals surface area contributed by atoms with Gasteiger partial charge < -0.3 is 19.4 Å². The smallest absolute Gasteiger partial charge is 0.194 e. The SMILES string of the molecule is CCNC(=NCc1ccco1)N1CCC(Oc2ccccc2)CC1. The van der Waals surface area contributed by atoms with Crippen molar-refractivity contribution in [2.24, 2.45) is 4.99 Å². The van der Waals surface area contributed by atoms with Crippen LogP contribution in [-0.2, 0) is 6.54 Å². The standard InChI is InChI=1S/C19H25N3O2/c1-2-20-19(21-15-18-9-6-14-23-18)22-12-10-17(11-13-22)24-16-7-4-3-5-8-16/h3-9,14,17H,2,10-13,15H2,1H3,(H,20,21). The minimum absolute atomic E-state index is 0.275. The van der Waals surface area contributed by atoms with Crippen LogP contribution in [-0.4, -0.2) is 36.6 Å². The summed E-state index contributed by atoms with van der Waals surface area (Å²) in [6.07, 6.45) is 3.96. The van der Waals surface area contributed by atoms with Crippen LogP contribution in [0.25, 0.3) is 0 Å². The van der Waals surface area contributed by atoms with Crippen LogP contribution < -0.4 is 10.1 Å². The number of ether oxygens (including phenoxy) is 1. The first-order valence-corrected chi connectivity index (χ1v) is 8.62. The molecule has 24 heavy (non-hydrogen) atoms. The van der Waals surface area contributed by atoms with Crippen LogP contribution in [0.5, 0.6) is 5.75 Å². The van der Waals surface area contributed by atoms with Crippen LogP contribution in [0.15, 0.2) is 58.1 Å². The quantitative estimate of drug-likeness (QED) is 0.676. The Morgan fingerprint density at radius 2 is 2.00 bits per heavy atom. The fraction of sp³-hybridized carbons (Fsp3) is 0.421. The zero-order chi connectivity index (χ0) is 16.6. The highest BCUT2D eigenvalue weighted by Crippen LogP contribution is 2.18. The molecular weight excluding hydrogens is 302 g/mol. The number of nitrogens with one attached hydrogen (secondary N) is 1. The molecule has 0 atom stereocenters. The molecule has 1 aliphatic heterocycles. The number of hydrogen-bond donors (Lipinski definition) is 1. The average Bonchev–Trinajstić information content (AvgIpc) is 3.14. The number of hydrogen-bond acceptors (Lipinski definition) is 3. The molecule has 1 aromatic heterocycles. The van der Waals surface area contributed by atoms with E-state index in [1.807, 2.05) is 42.5 Å². The Balaban J connectivity index is 1.54. The van der Waals surface area contributed by atoms with Gasteiger partial charge in [-0.05, 0) is 31.2 Å². The number of furan rings is 1. The highest BCUT2D eigenvalue weighted by molar-refractivity contribution is 5.80. The van der Waals surface area contributed by atoms with Gasteiger partial charge in [0, 0.05) is 32.5 Å². The van der Waals surface area contributed by atoms with Gasteiger partial charge >= 0.3 is 0 Å². The van der Waals surface area contributed by atoms with E-state index in [0.717, 1.165) is 49.9 Å². The van der Waals surface area contributed by atoms with Crippen molar-refractivity contribution in [1.82, 2.24) is 10.2 Å². The molecule has 2 aromatic rings. The predicted molar refractivity (Wildman–Crippen MR) is 95.2 cm³/mol. The lowest BCUT2D eigenvalue weighted by Crippen LogP contribution is -2.47. The highest BCUT2D eigenvalue weighted by atomic mass is 16.5. The van der Waals surface area contributed by atoms with Crippen LogP contribution >= 0.6 is 0 Å². The summed E-state index contributed by atoms with van der Waals surface area (Å²) in [4.78, 5) is 6.99. The first-order chi connectivity index (χ1) is 11.8. The van der Waals surface area contributed by atoms with Gasteiger partial charge in [0.05, 0.1) is 6.26 Å². The molecule has 0 amide bonds. The molecule has 3 rings (SSSR count). The molecule has 2 heterocycles. The Labute approximate surface area is 143 Å². The summed E-state index contributed by atoms with van der Waals surface area (Å²) in [7, 11) is 0.